The first-order valence-electron chi connectivity index (χ1n) is 14.7. The maximum Gasteiger partial charge on any atom is 0.311 e. The van der Waals surface area contributed by atoms with Gasteiger partial charge in [0.15, 0.2) is 5.12 Å². The van der Waals surface area contributed by atoms with Gasteiger partial charge in [-0.1, -0.05) is 25.6 Å². The van der Waals surface area contributed by atoms with Gasteiger partial charge in [-0.05, 0) is 87.9 Å². The molecule has 4 aliphatic carbocycles. The van der Waals surface area contributed by atoms with E-state index in [9.17, 15) is 24.6 Å². The Labute approximate surface area is 230 Å². The Bertz CT molecular complexity index is 1060. The van der Waals surface area contributed by atoms with Gasteiger partial charge in [-0.25, -0.2) is 0 Å². The summed E-state index contributed by atoms with van der Waals surface area (Å²) in [6.45, 7) is 11.6. The number of esters is 1. The van der Waals surface area contributed by atoms with E-state index in [2.05, 4.69) is 13.8 Å². The molecule has 0 bridgehead atoms. The van der Waals surface area contributed by atoms with Crippen LogP contribution < -0.4 is 0 Å². The summed E-state index contributed by atoms with van der Waals surface area (Å²) in [5, 5.41) is 22.8. The van der Waals surface area contributed by atoms with E-state index in [0.717, 1.165) is 25.7 Å². The highest BCUT2D eigenvalue weighted by atomic mass is 32.2. The highest BCUT2D eigenvalue weighted by Gasteiger charge is 2.78. The summed E-state index contributed by atoms with van der Waals surface area (Å²) in [5.41, 5.74) is -3.13. The summed E-state index contributed by atoms with van der Waals surface area (Å²) in [6.07, 6.45) is 4.42. The Kier molecular flexibility index (Phi) is 6.11. The van der Waals surface area contributed by atoms with Crippen LogP contribution >= 0.6 is 11.8 Å². The Morgan fingerprint density at radius 1 is 1.08 bits per heavy atom. The lowest BCUT2D eigenvalue weighted by Gasteiger charge is -2.61. The van der Waals surface area contributed by atoms with Crippen molar-refractivity contribution in [2.45, 2.75) is 121 Å². The summed E-state index contributed by atoms with van der Waals surface area (Å²) < 4.78 is 12.2. The number of aliphatic hydroxyl groups is 2. The highest BCUT2D eigenvalue weighted by molar-refractivity contribution is 8.14. The Morgan fingerprint density at radius 3 is 2.45 bits per heavy atom. The molecule has 6 aliphatic rings. The van der Waals surface area contributed by atoms with Crippen LogP contribution in [0.1, 0.15) is 86.5 Å². The van der Waals surface area contributed by atoms with E-state index in [4.69, 9.17) is 9.47 Å². The van der Waals surface area contributed by atoms with Crippen LogP contribution in [0.15, 0.2) is 0 Å². The van der Waals surface area contributed by atoms with E-state index >= 15 is 0 Å². The summed E-state index contributed by atoms with van der Waals surface area (Å²) in [6, 6.07) is 0. The molecule has 2 N–H and O–H groups in total. The summed E-state index contributed by atoms with van der Waals surface area (Å²) in [5.74, 6) is 0.379. The SMILES string of the molecule is CC(=O)S[C@H]1CC(=O)[C@]2(C)[C@H]3CC[C@]4(C)[C@@H]([C@H](C)[C@H]5C[C@](C)(O)[C@@H](C)C(=O)O5)CC[C@H]4[C@@H]3[C@@H]3O[C@@H]3[C@@]2(O)C1. The number of thioether (sulfide) groups is 1. The molecule has 6 rings (SSSR count). The maximum absolute atomic E-state index is 13.8. The van der Waals surface area contributed by atoms with Gasteiger partial charge in [0, 0.05) is 25.0 Å². The number of epoxide rings is 1. The lowest BCUT2D eigenvalue weighted by atomic mass is 9.42. The molecule has 0 aromatic rings. The zero-order valence-electron chi connectivity index (χ0n) is 23.6. The third kappa shape index (κ3) is 3.54. The molecular formula is C30H44O7S. The molecule has 8 heteroatoms. The van der Waals surface area contributed by atoms with E-state index in [0.29, 0.717) is 31.1 Å². The van der Waals surface area contributed by atoms with E-state index in [1.54, 1.807) is 13.8 Å². The first-order valence-corrected chi connectivity index (χ1v) is 15.5. The van der Waals surface area contributed by atoms with Crippen LogP contribution in [0.2, 0.25) is 0 Å². The zero-order valence-corrected chi connectivity index (χ0v) is 24.4. The lowest BCUT2D eigenvalue weighted by Crippen LogP contribution is -2.69. The second-order valence-electron chi connectivity index (χ2n) is 14.3. The maximum atomic E-state index is 13.8. The second kappa shape index (κ2) is 8.53. The van der Waals surface area contributed by atoms with Crippen LogP contribution in [0.3, 0.4) is 0 Å². The van der Waals surface area contributed by atoms with Gasteiger partial charge in [0.05, 0.1) is 23.0 Å². The van der Waals surface area contributed by atoms with Crippen LogP contribution in [0, 0.1) is 46.3 Å². The van der Waals surface area contributed by atoms with Crippen LogP contribution in [-0.4, -0.2) is 61.8 Å². The van der Waals surface area contributed by atoms with Crippen molar-refractivity contribution < 1.29 is 34.1 Å². The summed E-state index contributed by atoms with van der Waals surface area (Å²) >= 11 is 1.18. The van der Waals surface area contributed by atoms with Crippen molar-refractivity contribution in [1.82, 2.24) is 0 Å². The minimum Gasteiger partial charge on any atom is -0.462 e. The predicted molar refractivity (Wildman–Crippen MR) is 142 cm³/mol. The molecule has 14 atom stereocenters. The van der Waals surface area contributed by atoms with Crippen molar-refractivity contribution >= 4 is 28.6 Å². The zero-order chi connectivity index (χ0) is 27.6. The fourth-order valence-corrected chi connectivity index (χ4v) is 11.3. The molecule has 4 saturated carbocycles. The van der Waals surface area contributed by atoms with Gasteiger partial charge in [-0.2, -0.15) is 0 Å². The fourth-order valence-electron chi connectivity index (χ4n) is 10.3. The van der Waals surface area contributed by atoms with Crippen molar-refractivity contribution in [1.29, 1.82) is 0 Å². The minimum absolute atomic E-state index is 0.0175. The molecule has 38 heavy (non-hydrogen) atoms. The third-order valence-corrected chi connectivity index (χ3v) is 13.7. The van der Waals surface area contributed by atoms with E-state index in [1.165, 1.54) is 18.7 Å². The monoisotopic (exact) mass is 548 g/mol. The summed E-state index contributed by atoms with van der Waals surface area (Å²) in [7, 11) is 0. The van der Waals surface area contributed by atoms with Crippen molar-refractivity contribution in [3.8, 4) is 0 Å². The van der Waals surface area contributed by atoms with Gasteiger partial charge in [0.2, 0.25) is 0 Å². The quantitative estimate of drug-likeness (QED) is 0.403. The average Bonchev–Trinajstić information content (AvgIpc) is 3.55. The van der Waals surface area contributed by atoms with Crippen molar-refractivity contribution in [3.63, 3.8) is 0 Å². The minimum atomic E-state index is -1.22. The van der Waals surface area contributed by atoms with Crippen molar-refractivity contribution in [2.24, 2.45) is 46.3 Å². The molecule has 0 aromatic carbocycles. The van der Waals surface area contributed by atoms with Crippen LogP contribution in [-0.2, 0) is 23.9 Å². The second-order valence-corrected chi connectivity index (χ2v) is 15.8. The number of ketones is 1. The number of fused-ring (bicyclic) bond motifs is 8. The molecule has 212 valence electrons. The van der Waals surface area contributed by atoms with Gasteiger partial charge in [-0.3, -0.25) is 14.4 Å². The number of Topliss-reactive ketones (excluding diaryl/α,β-unsaturated/α-hetero) is 1. The number of carbonyl (C=O) groups excluding carboxylic acids is 3. The molecule has 0 spiro atoms. The standard InChI is InChI=1S/C30H44O7S/c1-14(21-13-28(5,34)15(2)26(33)36-21)18-7-8-19-23-20(9-10-27(18,19)4)29(6)22(32)11-17(38-16(3)31)12-30(29,35)25-24(23)37-25/h14-15,17-21,23-25,34-35H,7-13H2,1-6H3/t14-,15-,17-,18+,19-,20-,21+,23-,24-,25-,27+,28-,29-,30-/m0/s1. The normalized spacial score (nSPS) is 56.2. The van der Waals surface area contributed by atoms with Gasteiger partial charge in [0.1, 0.15) is 23.6 Å². The molecule has 2 saturated heterocycles. The summed E-state index contributed by atoms with van der Waals surface area (Å²) in [4.78, 5) is 38.2. The van der Waals surface area contributed by atoms with Gasteiger partial charge in [0.25, 0.3) is 0 Å². The number of ether oxygens (including phenoxy) is 2. The Balaban J connectivity index is 1.26. The molecule has 2 aliphatic heterocycles. The first-order chi connectivity index (χ1) is 17.6. The Hall–Kier alpha value is -0.960. The molecule has 0 radical (unpaired) electrons. The van der Waals surface area contributed by atoms with Crippen LogP contribution in [0.25, 0.3) is 0 Å². The molecule has 6 fully saturated rings. The van der Waals surface area contributed by atoms with Crippen molar-refractivity contribution in [3.05, 3.63) is 0 Å². The fraction of sp³-hybridized carbons (Fsp3) is 0.900. The topological polar surface area (TPSA) is 113 Å². The number of rotatable bonds is 3. The number of carbonyl (C=O) groups is 3. The van der Waals surface area contributed by atoms with E-state index in [-0.39, 0.29) is 63.6 Å². The Morgan fingerprint density at radius 2 is 1.79 bits per heavy atom. The number of cyclic esters (lactones) is 1. The third-order valence-electron chi connectivity index (χ3n) is 12.7. The number of hydrogen-bond donors (Lipinski definition) is 2. The molecule has 0 aromatic heterocycles. The van der Waals surface area contributed by atoms with Gasteiger partial charge in [-0.15, -0.1) is 0 Å². The largest absolute Gasteiger partial charge is 0.462 e. The van der Waals surface area contributed by atoms with E-state index in [1.807, 2.05) is 6.92 Å². The predicted octanol–water partition coefficient (Wildman–Crippen LogP) is 3.91. The number of hydrogen-bond acceptors (Lipinski definition) is 8. The smallest absolute Gasteiger partial charge is 0.311 e. The van der Waals surface area contributed by atoms with Gasteiger partial charge < -0.3 is 19.7 Å². The average molecular weight is 549 g/mol. The highest BCUT2D eigenvalue weighted by Crippen LogP contribution is 2.72. The first kappa shape index (κ1) is 27.2. The van der Waals surface area contributed by atoms with Gasteiger partial charge >= 0.3 is 5.97 Å². The van der Waals surface area contributed by atoms with Crippen LogP contribution in [0.5, 0.6) is 0 Å². The van der Waals surface area contributed by atoms with Crippen molar-refractivity contribution in [2.75, 3.05) is 0 Å². The molecule has 7 nitrogen and oxygen atoms in total. The molecule has 0 amide bonds. The van der Waals surface area contributed by atoms with Crippen LogP contribution in [0.4, 0.5) is 0 Å². The molecule has 2 heterocycles. The molecular weight excluding hydrogens is 504 g/mol. The molecule has 0 unspecified atom stereocenters. The lowest BCUT2D eigenvalue weighted by molar-refractivity contribution is -0.197. The van der Waals surface area contributed by atoms with E-state index < -0.39 is 22.5 Å².